The molecule has 8 heteroatoms. The molecular weight excluding hydrogens is 378 g/mol. The third-order valence-electron chi connectivity index (χ3n) is 4.85. The van der Waals surface area contributed by atoms with Crippen LogP contribution in [0.5, 0.6) is 5.75 Å². The average molecular weight is 401 g/mol. The molecule has 2 aliphatic heterocycles. The number of esters is 1. The normalized spacial score (nSPS) is 21.2. The maximum atomic E-state index is 12.2. The summed E-state index contributed by atoms with van der Waals surface area (Å²) >= 11 is 1.54. The first-order valence-electron chi connectivity index (χ1n) is 9.16. The quantitative estimate of drug-likeness (QED) is 0.394. The molecule has 0 saturated heterocycles. The summed E-state index contributed by atoms with van der Waals surface area (Å²) in [6, 6.07) is 8.02. The zero-order valence-electron chi connectivity index (χ0n) is 16.1. The molecule has 0 aromatic heterocycles. The van der Waals surface area contributed by atoms with Crippen LogP contribution in [0.4, 0.5) is 5.69 Å². The Kier molecular flexibility index (Phi) is 5.21. The molecule has 1 aromatic rings. The summed E-state index contributed by atoms with van der Waals surface area (Å²) in [7, 11) is 2.87. The first-order chi connectivity index (χ1) is 13.6. The van der Waals surface area contributed by atoms with Gasteiger partial charge in [-0.15, -0.1) is 0 Å². The predicted molar refractivity (Wildman–Crippen MR) is 109 cm³/mol. The summed E-state index contributed by atoms with van der Waals surface area (Å²) in [4.78, 5) is 15.0. The van der Waals surface area contributed by atoms with Crippen LogP contribution in [-0.2, 0) is 14.3 Å². The number of benzene rings is 1. The van der Waals surface area contributed by atoms with Gasteiger partial charge in [-0.2, -0.15) is 5.10 Å². The van der Waals surface area contributed by atoms with Crippen LogP contribution in [0.1, 0.15) is 19.8 Å². The lowest BCUT2D eigenvalue weighted by Gasteiger charge is -2.24. The molecule has 7 nitrogen and oxygen atoms in total. The predicted octanol–water partition coefficient (Wildman–Crippen LogP) is 3.51. The second-order valence-electron chi connectivity index (χ2n) is 6.85. The second kappa shape index (κ2) is 7.79. The molecule has 1 aliphatic carbocycles. The van der Waals surface area contributed by atoms with Crippen molar-refractivity contribution < 1.29 is 19.0 Å². The van der Waals surface area contributed by atoms with Crippen molar-refractivity contribution in [3.05, 3.63) is 46.7 Å². The number of hydrogen-bond acceptors (Lipinski definition) is 8. The molecule has 1 fully saturated rings. The molecule has 148 valence electrons. The average Bonchev–Trinajstić information content (AvgIpc) is 3.37. The molecule has 0 N–H and O–H groups in total. The van der Waals surface area contributed by atoms with E-state index in [0.29, 0.717) is 5.57 Å². The first kappa shape index (κ1) is 18.7. The molecule has 1 saturated carbocycles. The Morgan fingerprint density at radius 3 is 2.68 bits per heavy atom. The van der Waals surface area contributed by atoms with Crippen LogP contribution >= 0.6 is 11.8 Å². The zero-order chi connectivity index (χ0) is 19.7. The van der Waals surface area contributed by atoms with Crippen LogP contribution < -0.4 is 9.64 Å². The van der Waals surface area contributed by atoms with Crippen molar-refractivity contribution in [3.8, 4) is 5.75 Å². The van der Waals surface area contributed by atoms with Crippen molar-refractivity contribution in [2.75, 3.05) is 25.7 Å². The molecule has 1 atom stereocenters. The number of allylic oxidation sites excluding steroid dienone is 1. The lowest BCUT2D eigenvalue weighted by atomic mass is 10.2. The van der Waals surface area contributed by atoms with E-state index < -0.39 is 5.97 Å². The van der Waals surface area contributed by atoms with Crippen LogP contribution in [-0.4, -0.2) is 43.6 Å². The van der Waals surface area contributed by atoms with Gasteiger partial charge in [0.15, 0.2) is 5.50 Å². The third kappa shape index (κ3) is 3.56. The van der Waals surface area contributed by atoms with E-state index in [1.165, 1.54) is 45.1 Å². The Bertz CT molecular complexity index is 846. The number of anilines is 1. The number of rotatable bonds is 7. The van der Waals surface area contributed by atoms with Gasteiger partial charge in [0.25, 0.3) is 0 Å². The van der Waals surface area contributed by atoms with E-state index >= 15 is 0 Å². The van der Waals surface area contributed by atoms with Gasteiger partial charge < -0.3 is 14.2 Å². The zero-order valence-corrected chi connectivity index (χ0v) is 16.9. The van der Waals surface area contributed by atoms with E-state index in [0.717, 1.165) is 34.6 Å². The molecule has 1 aromatic carbocycles. The van der Waals surface area contributed by atoms with Gasteiger partial charge in [0.05, 0.1) is 32.8 Å². The van der Waals surface area contributed by atoms with Crippen LogP contribution in [0, 0.1) is 5.92 Å². The number of methoxy groups -OCH3 is 2. The standard InChI is InChI=1S/C20H23N3O4S/c1-13-18(17(11-25-2)19(24)26-3)28-20-22(12-21-23(13)20)15-6-8-16(9-7-15)27-10-14-4-5-14/h6-9,11-12,14,20H,4-5,10H2,1-3H3/b17-11+. The molecule has 28 heavy (non-hydrogen) atoms. The van der Waals surface area contributed by atoms with Gasteiger partial charge in [-0.3, -0.25) is 4.90 Å². The van der Waals surface area contributed by atoms with Crippen molar-refractivity contribution in [2.45, 2.75) is 25.3 Å². The minimum Gasteiger partial charge on any atom is -0.503 e. The molecule has 0 amide bonds. The number of hydrogen-bond donors (Lipinski definition) is 0. The molecule has 1 unspecified atom stereocenters. The number of hydrazone groups is 1. The minimum atomic E-state index is -0.433. The van der Waals surface area contributed by atoms with Gasteiger partial charge in [-0.1, -0.05) is 11.8 Å². The SMILES string of the molecule is CO/C=C(/C(=O)OC)C1=C(C)N2N=CN(c3ccc(OCC4CC4)cc3)C2S1. The summed E-state index contributed by atoms with van der Waals surface area (Å²) in [6.45, 7) is 2.73. The monoisotopic (exact) mass is 401 g/mol. The molecule has 0 spiro atoms. The summed E-state index contributed by atoms with van der Waals surface area (Å²) in [5, 5.41) is 6.40. The summed E-state index contributed by atoms with van der Waals surface area (Å²) in [5.74, 6) is 1.18. The van der Waals surface area contributed by atoms with Crippen molar-refractivity contribution in [1.29, 1.82) is 0 Å². The third-order valence-corrected chi connectivity index (χ3v) is 6.23. The lowest BCUT2D eigenvalue weighted by molar-refractivity contribution is -0.135. The van der Waals surface area contributed by atoms with Crippen molar-refractivity contribution in [2.24, 2.45) is 11.0 Å². The lowest BCUT2D eigenvalue weighted by Crippen LogP contribution is -2.33. The molecule has 3 aliphatic rings. The number of carbonyl (C=O) groups is 1. The largest absolute Gasteiger partial charge is 0.503 e. The van der Waals surface area contributed by atoms with Crippen LogP contribution in [0.2, 0.25) is 0 Å². The molecular formula is C20H23N3O4S. The van der Waals surface area contributed by atoms with Crippen molar-refractivity contribution in [1.82, 2.24) is 5.01 Å². The fourth-order valence-electron chi connectivity index (χ4n) is 3.08. The van der Waals surface area contributed by atoms with E-state index in [4.69, 9.17) is 14.2 Å². The smallest absolute Gasteiger partial charge is 0.342 e. The Balaban J connectivity index is 1.49. The molecule has 0 bridgehead atoms. The van der Waals surface area contributed by atoms with Crippen LogP contribution in [0.15, 0.2) is 51.8 Å². The van der Waals surface area contributed by atoms with E-state index in [1.54, 1.807) is 6.34 Å². The summed E-state index contributed by atoms with van der Waals surface area (Å²) in [5.41, 5.74) is 2.18. The summed E-state index contributed by atoms with van der Waals surface area (Å²) in [6.07, 6.45) is 5.77. The Labute approximate surface area is 168 Å². The van der Waals surface area contributed by atoms with Crippen molar-refractivity contribution in [3.63, 3.8) is 0 Å². The van der Waals surface area contributed by atoms with E-state index in [2.05, 4.69) is 10.0 Å². The number of thioether (sulfide) groups is 1. The van der Waals surface area contributed by atoms with Gasteiger partial charge in [0.1, 0.15) is 17.7 Å². The topological polar surface area (TPSA) is 63.6 Å². The number of ether oxygens (including phenoxy) is 3. The van der Waals surface area contributed by atoms with Gasteiger partial charge in [0, 0.05) is 10.6 Å². The van der Waals surface area contributed by atoms with Crippen LogP contribution in [0.25, 0.3) is 0 Å². The molecule has 0 radical (unpaired) electrons. The maximum absolute atomic E-state index is 12.2. The number of carbonyl (C=O) groups excluding carboxylic acids is 1. The highest BCUT2D eigenvalue weighted by Gasteiger charge is 2.41. The Morgan fingerprint density at radius 2 is 2.04 bits per heavy atom. The highest BCUT2D eigenvalue weighted by Crippen LogP contribution is 2.46. The van der Waals surface area contributed by atoms with E-state index in [-0.39, 0.29) is 5.50 Å². The highest BCUT2D eigenvalue weighted by molar-refractivity contribution is 8.04. The fourth-order valence-corrected chi connectivity index (χ4v) is 4.42. The van der Waals surface area contributed by atoms with Crippen LogP contribution in [0.3, 0.4) is 0 Å². The minimum absolute atomic E-state index is 0.0989. The summed E-state index contributed by atoms with van der Waals surface area (Å²) < 4.78 is 15.8. The fraction of sp³-hybridized carbons (Fsp3) is 0.400. The number of fused-ring (bicyclic) bond motifs is 1. The molecule has 2 heterocycles. The number of nitrogens with zero attached hydrogens (tertiary/aromatic N) is 3. The maximum Gasteiger partial charge on any atom is 0.342 e. The van der Waals surface area contributed by atoms with Crippen molar-refractivity contribution >= 4 is 29.8 Å². The van der Waals surface area contributed by atoms with E-state index in [1.807, 2.05) is 36.2 Å². The Hall–Kier alpha value is -2.61. The van der Waals surface area contributed by atoms with Gasteiger partial charge >= 0.3 is 5.97 Å². The van der Waals surface area contributed by atoms with E-state index in [9.17, 15) is 4.79 Å². The van der Waals surface area contributed by atoms with Gasteiger partial charge in [-0.05, 0) is 49.9 Å². The Morgan fingerprint density at radius 1 is 1.29 bits per heavy atom. The first-order valence-corrected chi connectivity index (χ1v) is 10.0. The van der Waals surface area contributed by atoms with Gasteiger partial charge in [-0.25, -0.2) is 9.80 Å². The van der Waals surface area contributed by atoms with Gasteiger partial charge in [0.2, 0.25) is 0 Å². The highest BCUT2D eigenvalue weighted by atomic mass is 32.2. The molecule has 4 rings (SSSR count). The second-order valence-corrected chi connectivity index (χ2v) is 7.91.